The Balaban J connectivity index is 1.80. The van der Waals surface area contributed by atoms with Crippen LogP contribution in [0.2, 0.25) is 0 Å². The van der Waals surface area contributed by atoms with Gasteiger partial charge in [-0.25, -0.2) is 4.98 Å². The first kappa shape index (κ1) is 11.3. The Kier molecular flexibility index (Phi) is 3.91. The molecule has 0 radical (unpaired) electrons. The molecule has 15 heavy (non-hydrogen) atoms. The van der Waals surface area contributed by atoms with Gasteiger partial charge >= 0.3 is 0 Å². The van der Waals surface area contributed by atoms with Gasteiger partial charge in [0.1, 0.15) is 5.01 Å². The first-order chi connectivity index (χ1) is 7.24. The fourth-order valence-electron chi connectivity index (χ4n) is 1.24. The molecule has 2 aromatic rings. The summed E-state index contributed by atoms with van der Waals surface area (Å²) in [6, 6.07) is 2.14. The highest BCUT2D eigenvalue weighted by Crippen LogP contribution is 2.20. The molecule has 0 amide bonds. The van der Waals surface area contributed by atoms with Crippen molar-refractivity contribution in [2.75, 3.05) is 0 Å². The van der Waals surface area contributed by atoms with Crippen molar-refractivity contribution >= 4 is 38.6 Å². The summed E-state index contributed by atoms with van der Waals surface area (Å²) in [5, 5.41) is 6.69. The molecule has 0 aliphatic rings. The molecule has 0 aromatic carbocycles. The summed E-state index contributed by atoms with van der Waals surface area (Å²) in [4.78, 5) is 5.57. The van der Waals surface area contributed by atoms with Crippen LogP contribution in [-0.2, 0) is 13.1 Å². The standard InChI is InChI=1S/C10H11BrN2S2/c1-7-3-13-10(15-7)5-12-4-8-2-9(11)14-6-8/h2-3,6,12H,4-5H2,1H3. The first-order valence-electron chi connectivity index (χ1n) is 4.59. The zero-order valence-corrected chi connectivity index (χ0v) is 11.5. The lowest BCUT2D eigenvalue weighted by Gasteiger charge is -1.99. The van der Waals surface area contributed by atoms with Crippen molar-refractivity contribution in [2.45, 2.75) is 20.0 Å². The van der Waals surface area contributed by atoms with Gasteiger partial charge in [0.05, 0.1) is 3.79 Å². The number of nitrogens with zero attached hydrogens (tertiary/aromatic N) is 1. The number of rotatable bonds is 4. The molecular formula is C10H11BrN2S2. The normalized spacial score (nSPS) is 10.8. The van der Waals surface area contributed by atoms with Gasteiger partial charge in [0, 0.05) is 24.2 Å². The largest absolute Gasteiger partial charge is 0.306 e. The third-order valence-corrected chi connectivity index (χ3v) is 4.36. The lowest BCUT2D eigenvalue weighted by molar-refractivity contribution is 0.691. The summed E-state index contributed by atoms with van der Waals surface area (Å²) in [6.45, 7) is 3.84. The van der Waals surface area contributed by atoms with E-state index < -0.39 is 0 Å². The number of hydrogen-bond donors (Lipinski definition) is 1. The van der Waals surface area contributed by atoms with Gasteiger partial charge < -0.3 is 5.32 Å². The zero-order chi connectivity index (χ0) is 10.7. The molecule has 0 saturated heterocycles. The smallest absolute Gasteiger partial charge is 0.107 e. The second kappa shape index (κ2) is 5.21. The third-order valence-electron chi connectivity index (χ3n) is 1.90. The Labute approximate surface area is 106 Å². The van der Waals surface area contributed by atoms with Crippen molar-refractivity contribution in [3.63, 3.8) is 0 Å². The number of aryl methyl sites for hydroxylation is 1. The molecule has 80 valence electrons. The average Bonchev–Trinajstić information content (AvgIpc) is 2.76. The Hall–Kier alpha value is -0.230. The molecule has 1 N–H and O–H groups in total. The van der Waals surface area contributed by atoms with Gasteiger partial charge in [-0.1, -0.05) is 0 Å². The van der Waals surface area contributed by atoms with Crippen LogP contribution in [0.3, 0.4) is 0 Å². The highest BCUT2D eigenvalue weighted by molar-refractivity contribution is 9.11. The predicted octanol–water partition coefficient (Wildman–Crippen LogP) is 3.57. The number of thiazole rings is 1. The van der Waals surface area contributed by atoms with Crippen LogP contribution in [0.4, 0.5) is 0 Å². The maximum absolute atomic E-state index is 4.30. The van der Waals surface area contributed by atoms with Crippen LogP contribution in [0.25, 0.3) is 0 Å². The minimum Gasteiger partial charge on any atom is -0.306 e. The van der Waals surface area contributed by atoms with E-state index in [1.54, 1.807) is 22.7 Å². The van der Waals surface area contributed by atoms with Gasteiger partial charge in [-0.2, -0.15) is 0 Å². The van der Waals surface area contributed by atoms with Crippen molar-refractivity contribution in [3.05, 3.63) is 36.9 Å². The first-order valence-corrected chi connectivity index (χ1v) is 7.08. The number of halogens is 1. The second-order valence-corrected chi connectivity index (χ2v) is 6.84. The van der Waals surface area contributed by atoms with E-state index in [-0.39, 0.29) is 0 Å². The monoisotopic (exact) mass is 302 g/mol. The van der Waals surface area contributed by atoms with Crippen LogP contribution >= 0.6 is 38.6 Å². The molecule has 0 saturated carbocycles. The van der Waals surface area contributed by atoms with E-state index in [1.807, 2.05) is 6.20 Å². The van der Waals surface area contributed by atoms with E-state index >= 15 is 0 Å². The van der Waals surface area contributed by atoms with Crippen LogP contribution in [0, 0.1) is 6.92 Å². The van der Waals surface area contributed by atoms with Gasteiger partial charge in [-0.15, -0.1) is 22.7 Å². The summed E-state index contributed by atoms with van der Waals surface area (Å²) >= 11 is 6.92. The van der Waals surface area contributed by atoms with Crippen molar-refractivity contribution in [2.24, 2.45) is 0 Å². The summed E-state index contributed by atoms with van der Waals surface area (Å²) in [6.07, 6.45) is 1.92. The van der Waals surface area contributed by atoms with Crippen LogP contribution < -0.4 is 5.32 Å². The molecular weight excluding hydrogens is 292 g/mol. The van der Waals surface area contributed by atoms with Crippen LogP contribution in [0.1, 0.15) is 15.4 Å². The van der Waals surface area contributed by atoms with Crippen LogP contribution in [-0.4, -0.2) is 4.98 Å². The van der Waals surface area contributed by atoms with Crippen molar-refractivity contribution in [1.29, 1.82) is 0 Å². The molecule has 0 bridgehead atoms. The number of aromatic nitrogens is 1. The average molecular weight is 303 g/mol. The van der Waals surface area contributed by atoms with E-state index in [0.29, 0.717) is 0 Å². The fourth-order valence-corrected chi connectivity index (χ4v) is 3.20. The lowest BCUT2D eigenvalue weighted by atomic mass is 10.3. The fraction of sp³-hybridized carbons (Fsp3) is 0.300. The Morgan fingerprint density at radius 2 is 2.33 bits per heavy atom. The zero-order valence-electron chi connectivity index (χ0n) is 8.29. The summed E-state index contributed by atoms with van der Waals surface area (Å²) < 4.78 is 1.18. The topological polar surface area (TPSA) is 24.9 Å². The van der Waals surface area contributed by atoms with Crippen LogP contribution in [0.15, 0.2) is 21.4 Å². The van der Waals surface area contributed by atoms with Crippen LogP contribution in [0.5, 0.6) is 0 Å². The lowest BCUT2D eigenvalue weighted by Crippen LogP contribution is -2.11. The van der Waals surface area contributed by atoms with Gasteiger partial charge in [0.15, 0.2) is 0 Å². The second-order valence-electron chi connectivity index (χ2n) is 3.23. The molecule has 0 aliphatic heterocycles. The summed E-state index contributed by atoms with van der Waals surface area (Å²) in [7, 11) is 0. The number of nitrogens with one attached hydrogen (secondary N) is 1. The number of thiophene rings is 1. The molecule has 2 nitrogen and oxygen atoms in total. The maximum Gasteiger partial charge on any atom is 0.107 e. The number of hydrogen-bond acceptors (Lipinski definition) is 4. The molecule has 5 heteroatoms. The molecule has 0 aliphatic carbocycles. The highest BCUT2D eigenvalue weighted by Gasteiger charge is 1.99. The van der Waals surface area contributed by atoms with Gasteiger partial charge in [-0.05, 0) is 39.9 Å². The molecule has 0 atom stereocenters. The van der Waals surface area contributed by atoms with E-state index in [4.69, 9.17) is 0 Å². The van der Waals surface area contributed by atoms with Crippen molar-refractivity contribution in [1.82, 2.24) is 10.3 Å². The Morgan fingerprint density at radius 1 is 1.47 bits per heavy atom. The minimum atomic E-state index is 0.853. The SMILES string of the molecule is Cc1cnc(CNCc2csc(Br)c2)s1. The molecule has 2 aromatic heterocycles. The maximum atomic E-state index is 4.30. The van der Waals surface area contributed by atoms with E-state index in [0.717, 1.165) is 18.1 Å². The molecule has 2 rings (SSSR count). The van der Waals surface area contributed by atoms with Crippen molar-refractivity contribution in [3.8, 4) is 0 Å². The third kappa shape index (κ3) is 3.38. The Bertz CT molecular complexity index is 396. The molecule has 2 heterocycles. The molecule has 0 unspecified atom stereocenters. The molecule has 0 spiro atoms. The molecule has 0 fully saturated rings. The highest BCUT2D eigenvalue weighted by atomic mass is 79.9. The quantitative estimate of drug-likeness (QED) is 0.934. The van der Waals surface area contributed by atoms with Gasteiger partial charge in [0.25, 0.3) is 0 Å². The van der Waals surface area contributed by atoms with Gasteiger partial charge in [0.2, 0.25) is 0 Å². The van der Waals surface area contributed by atoms with E-state index in [1.165, 1.54) is 14.2 Å². The Morgan fingerprint density at radius 3 is 2.93 bits per heavy atom. The summed E-state index contributed by atoms with van der Waals surface area (Å²) in [5.41, 5.74) is 1.32. The van der Waals surface area contributed by atoms with Gasteiger partial charge in [-0.3, -0.25) is 0 Å². The van der Waals surface area contributed by atoms with E-state index in [9.17, 15) is 0 Å². The van der Waals surface area contributed by atoms with Crippen molar-refractivity contribution < 1.29 is 0 Å². The predicted molar refractivity (Wildman–Crippen MR) is 69.4 cm³/mol. The summed E-state index contributed by atoms with van der Waals surface area (Å²) in [5.74, 6) is 0. The minimum absolute atomic E-state index is 0.853. The van der Waals surface area contributed by atoms with E-state index in [2.05, 4.69) is 44.6 Å².